The van der Waals surface area contributed by atoms with Gasteiger partial charge in [-0.05, 0) is 37.6 Å². The molecule has 1 aliphatic rings. The zero-order valence-electron chi connectivity index (χ0n) is 11.4. The molecule has 1 unspecified atom stereocenters. The van der Waals surface area contributed by atoms with Gasteiger partial charge in [0.1, 0.15) is 0 Å². The highest BCUT2D eigenvalue weighted by atomic mass is 32.2. The number of nitrogens with two attached hydrogens (primary N) is 1. The number of anilines is 1. The average molecular weight is 297 g/mol. The third-order valence-corrected chi connectivity index (χ3v) is 4.82. The van der Waals surface area contributed by atoms with Gasteiger partial charge >= 0.3 is 0 Å². The van der Waals surface area contributed by atoms with Gasteiger partial charge < -0.3 is 10.6 Å². The lowest BCUT2D eigenvalue weighted by Crippen LogP contribution is -2.42. The number of sulfonamides is 1. The highest BCUT2D eigenvalue weighted by Crippen LogP contribution is 2.13. The van der Waals surface area contributed by atoms with E-state index in [1.165, 1.54) is 12.1 Å². The number of hydrogen-bond acceptors (Lipinski definition) is 4. The summed E-state index contributed by atoms with van der Waals surface area (Å²) >= 11 is 0. The maximum atomic E-state index is 12.2. The summed E-state index contributed by atoms with van der Waals surface area (Å²) in [5.41, 5.74) is 6.05. The van der Waals surface area contributed by atoms with E-state index in [0.29, 0.717) is 25.2 Å². The van der Waals surface area contributed by atoms with Crippen LogP contribution < -0.4 is 10.5 Å². The molecular formula is C13H19N3O3S. The SMILES string of the molecule is CC(CN1CCCC1=O)NS(=O)(=O)c1ccc(N)cc1. The molecule has 0 aliphatic carbocycles. The minimum Gasteiger partial charge on any atom is -0.399 e. The van der Waals surface area contributed by atoms with Crippen LogP contribution in [0.1, 0.15) is 19.8 Å². The van der Waals surface area contributed by atoms with Crippen LogP contribution in [-0.4, -0.2) is 38.4 Å². The Morgan fingerprint density at radius 2 is 2.00 bits per heavy atom. The molecule has 1 aliphatic heterocycles. The first-order chi connectivity index (χ1) is 9.38. The Morgan fingerprint density at radius 1 is 1.35 bits per heavy atom. The number of amides is 1. The minimum absolute atomic E-state index is 0.0866. The molecule has 1 fully saturated rings. The van der Waals surface area contributed by atoms with E-state index in [9.17, 15) is 13.2 Å². The van der Waals surface area contributed by atoms with Crippen LogP contribution in [0.15, 0.2) is 29.2 Å². The predicted octanol–water partition coefficient (Wildman–Crippen LogP) is 0.558. The van der Waals surface area contributed by atoms with E-state index in [0.717, 1.165) is 6.42 Å². The summed E-state index contributed by atoms with van der Waals surface area (Å²) in [6, 6.07) is 5.68. The third-order valence-electron chi connectivity index (χ3n) is 3.21. The van der Waals surface area contributed by atoms with E-state index in [1.54, 1.807) is 24.0 Å². The Morgan fingerprint density at radius 3 is 2.55 bits per heavy atom. The van der Waals surface area contributed by atoms with Crippen molar-refractivity contribution in [2.75, 3.05) is 18.8 Å². The Hall–Kier alpha value is -1.60. The van der Waals surface area contributed by atoms with Crippen LogP contribution in [0.5, 0.6) is 0 Å². The van der Waals surface area contributed by atoms with Crippen molar-refractivity contribution in [2.24, 2.45) is 0 Å². The Balaban J connectivity index is 2.00. The van der Waals surface area contributed by atoms with Gasteiger partial charge in [-0.3, -0.25) is 4.79 Å². The molecule has 2 rings (SSSR count). The molecule has 3 N–H and O–H groups in total. The van der Waals surface area contributed by atoms with E-state index < -0.39 is 10.0 Å². The number of benzene rings is 1. The van der Waals surface area contributed by atoms with Gasteiger partial charge in [-0.2, -0.15) is 0 Å². The van der Waals surface area contributed by atoms with Crippen molar-refractivity contribution in [1.82, 2.24) is 9.62 Å². The summed E-state index contributed by atoms with van der Waals surface area (Å²) in [6.45, 7) is 2.85. The largest absolute Gasteiger partial charge is 0.399 e. The maximum absolute atomic E-state index is 12.2. The van der Waals surface area contributed by atoms with Gasteiger partial charge in [-0.15, -0.1) is 0 Å². The molecule has 1 aromatic carbocycles. The number of rotatable bonds is 5. The predicted molar refractivity (Wildman–Crippen MR) is 76.5 cm³/mol. The summed E-state index contributed by atoms with van der Waals surface area (Å²) in [5.74, 6) is 0.0866. The van der Waals surface area contributed by atoms with Crippen molar-refractivity contribution in [3.63, 3.8) is 0 Å². The lowest BCUT2D eigenvalue weighted by Gasteiger charge is -2.21. The molecular weight excluding hydrogens is 278 g/mol. The fourth-order valence-electron chi connectivity index (χ4n) is 2.24. The molecule has 0 aromatic heterocycles. The summed E-state index contributed by atoms with van der Waals surface area (Å²) in [6.07, 6.45) is 1.40. The summed E-state index contributed by atoms with van der Waals surface area (Å²) in [4.78, 5) is 13.4. The van der Waals surface area contributed by atoms with Crippen molar-refractivity contribution in [2.45, 2.75) is 30.7 Å². The molecule has 0 bridgehead atoms. The van der Waals surface area contributed by atoms with Crippen molar-refractivity contribution >= 4 is 21.6 Å². The van der Waals surface area contributed by atoms with Gasteiger partial charge in [-0.1, -0.05) is 0 Å². The standard InChI is InChI=1S/C13H19N3O3S/c1-10(9-16-8-2-3-13(16)17)15-20(18,19)12-6-4-11(14)5-7-12/h4-7,10,15H,2-3,8-9,14H2,1H3. The molecule has 1 saturated heterocycles. The summed E-state index contributed by atoms with van der Waals surface area (Å²) in [5, 5.41) is 0. The summed E-state index contributed by atoms with van der Waals surface area (Å²) < 4.78 is 26.9. The Kier molecular flexibility index (Phi) is 4.29. The molecule has 20 heavy (non-hydrogen) atoms. The maximum Gasteiger partial charge on any atom is 0.240 e. The topological polar surface area (TPSA) is 92.5 Å². The van der Waals surface area contributed by atoms with Crippen LogP contribution in [0.25, 0.3) is 0 Å². The number of nitrogens with zero attached hydrogens (tertiary/aromatic N) is 1. The van der Waals surface area contributed by atoms with Gasteiger partial charge in [0.15, 0.2) is 0 Å². The van der Waals surface area contributed by atoms with Crippen LogP contribution in [0.3, 0.4) is 0 Å². The molecule has 110 valence electrons. The number of carbonyl (C=O) groups is 1. The average Bonchev–Trinajstić information content (AvgIpc) is 2.74. The quantitative estimate of drug-likeness (QED) is 0.777. The monoisotopic (exact) mass is 297 g/mol. The second-order valence-corrected chi connectivity index (χ2v) is 6.75. The Labute approximate surface area is 119 Å². The fraction of sp³-hybridized carbons (Fsp3) is 0.462. The smallest absolute Gasteiger partial charge is 0.240 e. The first-order valence-electron chi connectivity index (χ1n) is 6.54. The van der Waals surface area contributed by atoms with E-state index in [4.69, 9.17) is 5.73 Å². The molecule has 0 spiro atoms. The van der Waals surface area contributed by atoms with Crippen LogP contribution in [-0.2, 0) is 14.8 Å². The molecule has 1 amide bonds. The van der Waals surface area contributed by atoms with E-state index >= 15 is 0 Å². The molecule has 1 heterocycles. The molecule has 6 nitrogen and oxygen atoms in total. The van der Waals surface area contributed by atoms with Crippen LogP contribution in [0.2, 0.25) is 0 Å². The number of nitrogens with one attached hydrogen (secondary N) is 1. The number of likely N-dealkylation sites (tertiary alicyclic amines) is 1. The molecule has 0 radical (unpaired) electrons. The van der Waals surface area contributed by atoms with Crippen molar-refractivity contribution in [3.05, 3.63) is 24.3 Å². The number of hydrogen-bond donors (Lipinski definition) is 2. The zero-order chi connectivity index (χ0) is 14.8. The van der Waals surface area contributed by atoms with Gasteiger partial charge in [-0.25, -0.2) is 13.1 Å². The first-order valence-corrected chi connectivity index (χ1v) is 8.02. The van der Waals surface area contributed by atoms with Gasteiger partial charge in [0, 0.05) is 31.2 Å². The third kappa shape index (κ3) is 3.49. The van der Waals surface area contributed by atoms with Gasteiger partial charge in [0.2, 0.25) is 15.9 Å². The minimum atomic E-state index is -3.58. The Bertz CT molecular complexity index is 583. The molecule has 1 aromatic rings. The van der Waals surface area contributed by atoms with Crippen molar-refractivity contribution in [1.29, 1.82) is 0 Å². The van der Waals surface area contributed by atoms with Crippen LogP contribution >= 0.6 is 0 Å². The molecule has 7 heteroatoms. The highest BCUT2D eigenvalue weighted by molar-refractivity contribution is 7.89. The molecule has 1 atom stereocenters. The fourth-order valence-corrected chi connectivity index (χ4v) is 3.48. The lowest BCUT2D eigenvalue weighted by molar-refractivity contribution is -0.127. The summed E-state index contributed by atoms with van der Waals surface area (Å²) in [7, 11) is -3.58. The second kappa shape index (κ2) is 5.80. The first kappa shape index (κ1) is 14.8. The van der Waals surface area contributed by atoms with Crippen molar-refractivity contribution in [3.8, 4) is 0 Å². The zero-order valence-corrected chi connectivity index (χ0v) is 12.2. The lowest BCUT2D eigenvalue weighted by atomic mass is 10.3. The van der Waals surface area contributed by atoms with Gasteiger partial charge in [0.25, 0.3) is 0 Å². The van der Waals surface area contributed by atoms with E-state index in [2.05, 4.69) is 4.72 Å². The van der Waals surface area contributed by atoms with Gasteiger partial charge in [0.05, 0.1) is 4.90 Å². The van der Waals surface area contributed by atoms with E-state index in [-0.39, 0.29) is 16.8 Å². The van der Waals surface area contributed by atoms with Crippen molar-refractivity contribution < 1.29 is 13.2 Å². The van der Waals surface area contributed by atoms with E-state index in [1.807, 2.05) is 0 Å². The molecule has 0 saturated carbocycles. The van der Waals surface area contributed by atoms with Crippen LogP contribution in [0, 0.1) is 0 Å². The highest BCUT2D eigenvalue weighted by Gasteiger charge is 2.24. The van der Waals surface area contributed by atoms with Crippen LogP contribution in [0.4, 0.5) is 5.69 Å². The normalized spacial score (nSPS) is 17.4. The second-order valence-electron chi connectivity index (χ2n) is 5.03. The number of carbonyl (C=O) groups excluding carboxylic acids is 1. The number of nitrogen functional groups attached to an aromatic ring is 1.